The van der Waals surface area contributed by atoms with E-state index in [0.29, 0.717) is 6.61 Å². The molecule has 0 aliphatic carbocycles. The first-order chi connectivity index (χ1) is 8.15. The summed E-state index contributed by atoms with van der Waals surface area (Å²) in [5.41, 5.74) is 0.176. The van der Waals surface area contributed by atoms with Crippen molar-refractivity contribution in [1.82, 2.24) is 10.3 Å². The molecule has 1 rings (SSSR count). The van der Waals surface area contributed by atoms with Gasteiger partial charge in [-0.2, -0.15) is 0 Å². The van der Waals surface area contributed by atoms with Crippen molar-refractivity contribution in [2.24, 2.45) is 0 Å². The number of nitrogens with zero attached hydrogens (tertiary/aromatic N) is 1. The monoisotopic (exact) mass is 238 g/mol. The molecule has 1 atom stereocenters. The molecule has 92 valence electrons. The van der Waals surface area contributed by atoms with Crippen LogP contribution in [0.4, 0.5) is 0 Å². The van der Waals surface area contributed by atoms with Gasteiger partial charge in [0.05, 0.1) is 6.61 Å². The van der Waals surface area contributed by atoms with Gasteiger partial charge in [0.1, 0.15) is 5.69 Å². The number of carbonyl (C=O) groups is 2. The zero-order chi connectivity index (χ0) is 12.7. The summed E-state index contributed by atoms with van der Waals surface area (Å²) in [6.45, 7) is 2.08. The molecule has 1 aromatic rings. The van der Waals surface area contributed by atoms with Gasteiger partial charge in [0.25, 0.3) is 5.91 Å². The third kappa shape index (κ3) is 4.20. The van der Waals surface area contributed by atoms with Gasteiger partial charge in [0.15, 0.2) is 6.04 Å². The molecule has 0 bridgehead atoms. The van der Waals surface area contributed by atoms with E-state index in [9.17, 15) is 9.59 Å². The van der Waals surface area contributed by atoms with Gasteiger partial charge < -0.3 is 15.2 Å². The fourth-order valence-corrected chi connectivity index (χ4v) is 1.14. The van der Waals surface area contributed by atoms with E-state index in [1.54, 1.807) is 19.1 Å². The Labute approximate surface area is 98.6 Å². The first-order valence-corrected chi connectivity index (χ1v) is 5.17. The van der Waals surface area contributed by atoms with Crippen molar-refractivity contribution < 1.29 is 19.4 Å². The molecular weight excluding hydrogens is 224 g/mol. The number of ether oxygens (including phenoxy) is 1. The predicted molar refractivity (Wildman–Crippen MR) is 59.6 cm³/mol. The molecule has 0 aliphatic heterocycles. The Kier molecular flexibility index (Phi) is 5.09. The second-order valence-electron chi connectivity index (χ2n) is 3.24. The van der Waals surface area contributed by atoms with Crippen molar-refractivity contribution in [3.05, 3.63) is 30.1 Å². The van der Waals surface area contributed by atoms with Crippen molar-refractivity contribution in [1.29, 1.82) is 0 Å². The topological polar surface area (TPSA) is 88.5 Å². The number of carboxylic acid groups (broad SMARTS) is 1. The van der Waals surface area contributed by atoms with Crippen LogP contribution >= 0.6 is 0 Å². The first kappa shape index (κ1) is 13.1. The van der Waals surface area contributed by atoms with E-state index in [4.69, 9.17) is 9.84 Å². The highest BCUT2D eigenvalue weighted by Gasteiger charge is 2.20. The summed E-state index contributed by atoms with van der Waals surface area (Å²) in [7, 11) is 0. The zero-order valence-corrected chi connectivity index (χ0v) is 9.42. The van der Waals surface area contributed by atoms with Crippen LogP contribution in [0.3, 0.4) is 0 Å². The molecule has 17 heavy (non-hydrogen) atoms. The number of aromatic nitrogens is 1. The third-order valence-electron chi connectivity index (χ3n) is 1.99. The molecule has 1 heterocycles. The van der Waals surface area contributed by atoms with Crippen LogP contribution < -0.4 is 5.32 Å². The van der Waals surface area contributed by atoms with Gasteiger partial charge in [-0.25, -0.2) is 4.79 Å². The van der Waals surface area contributed by atoms with Gasteiger partial charge in [-0.1, -0.05) is 6.07 Å². The van der Waals surface area contributed by atoms with Crippen LogP contribution in [0.2, 0.25) is 0 Å². The van der Waals surface area contributed by atoms with Crippen molar-refractivity contribution in [3.8, 4) is 0 Å². The first-order valence-electron chi connectivity index (χ1n) is 5.17. The summed E-state index contributed by atoms with van der Waals surface area (Å²) in [4.78, 5) is 26.3. The Morgan fingerprint density at radius 2 is 2.29 bits per heavy atom. The van der Waals surface area contributed by atoms with Crippen LogP contribution in [0.1, 0.15) is 17.4 Å². The van der Waals surface area contributed by atoms with Gasteiger partial charge in [0, 0.05) is 12.8 Å². The van der Waals surface area contributed by atoms with Crippen molar-refractivity contribution in [3.63, 3.8) is 0 Å². The fourth-order valence-electron chi connectivity index (χ4n) is 1.14. The normalized spacial score (nSPS) is 11.8. The molecule has 0 saturated heterocycles. The van der Waals surface area contributed by atoms with Crippen LogP contribution in [0, 0.1) is 0 Å². The molecule has 0 aliphatic rings. The van der Waals surface area contributed by atoms with Crippen LogP contribution in [-0.2, 0) is 9.53 Å². The predicted octanol–water partition coefficient (Wildman–Crippen LogP) is 0.301. The molecular formula is C11H14N2O4. The highest BCUT2D eigenvalue weighted by molar-refractivity contribution is 5.94. The SMILES string of the molecule is CCOC[C@H](NC(=O)c1ccccn1)C(=O)O. The molecule has 6 nitrogen and oxygen atoms in total. The maximum absolute atomic E-state index is 11.6. The molecule has 0 fully saturated rings. The van der Waals surface area contributed by atoms with Crippen molar-refractivity contribution in [2.45, 2.75) is 13.0 Å². The Hall–Kier alpha value is -1.95. The number of rotatable bonds is 6. The highest BCUT2D eigenvalue weighted by Crippen LogP contribution is 1.95. The molecule has 0 aromatic carbocycles. The number of hydrogen-bond acceptors (Lipinski definition) is 4. The molecule has 6 heteroatoms. The van der Waals surface area contributed by atoms with E-state index < -0.39 is 17.9 Å². The smallest absolute Gasteiger partial charge is 0.328 e. The number of hydrogen-bond donors (Lipinski definition) is 2. The number of aliphatic carboxylic acids is 1. The molecule has 1 aromatic heterocycles. The lowest BCUT2D eigenvalue weighted by Crippen LogP contribution is -2.44. The molecule has 2 N–H and O–H groups in total. The summed E-state index contributed by atoms with van der Waals surface area (Å²) in [5.74, 6) is -1.67. The average molecular weight is 238 g/mol. The summed E-state index contributed by atoms with van der Waals surface area (Å²) in [5, 5.41) is 11.2. The van der Waals surface area contributed by atoms with Gasteiger partial charge in [-0.3, -0.25) is 9.78 Å². The van der Waals surface area contributed by atoms with Gasteiger partial charge in [-0.15, -0.1) is 0 Å². The average Bonchev–Trinajstić information content (AvgIpc) is 2.35. The van der Waals surface area contributed by atoms with Gasteiger partial charge in [0.2, 0.25) is 0 Å². The maximum Gasteiger partial charge on any atom is 0.328 e. The van der Waals surface area contributed by atoms with Crippen molar-refractivity contribution >= 4 is 11.9 Å². The second kappa shape index (κ2) is 6.59. The molecule has 0 unspecified atom stereocenters. The third-order valence-corrected chi connectivity index (χ3v) is 1.99. The van der Waals surface area contributed by atoms with E-state index in [1.165, 1.54) is 12.3 Å². The lowest BCUT2D eigenvalue weighted by atomic mass is 10.2. The maximum atomic E-state index is 11.6. The van der Waals surface area contributed by atoms with Gasteiger partial charge >= 0.3 is 5.97 Å². The van der Waals surface area contributed by atoms with Crippen molar-refractivity contribution in [2.75, 3.05) is 13.2 Å². The fraction of sp³-hybridized carbons (Fsp3) is 0.364. The lowest BCUT2D eigenvalue weighted by molar-refractivity contribution is -0.140. The number of carboxylic acids is 1. The molecule has 0 saturated carbocycles. The van der Waals surface area contributed by atoms with Crippen LogP contribution in [0.15, 0.2) is 24.4 Å². The summed E-state index contributed by atoms with van der Waals surface area (Å²) in [6.07, 6.45) is 1.47. The van der Waals surface area contributed by atoms with E-state index >= 15 is 0 Å². The lowest BCUT2D eigenvalue weighted by Gasteiger charge is -2.13. The largest absolute Gasteiger partial charge is 0.480 e. The molecule has 0 radical (unpaired) electrons. The van der Waals surface area contributed by atoms with E-state index in [1.807, 2.05) is 0 Å². The molecule has 0 spiro atoms. The van der Waals surface area contributed by atoms with Crippen LogP contribution in [-0.4, -0.2) is 41.2 Å². The second-order valence-corrected chi connectivity index (χ2v) is 3.24. The Morgan fingerprint density at radius 1 is 1.53 bits per heavy atom. The number of pyridine rings is 1. The number of amides is 1. The quantitative estimate of drug-likeness (QED) is 0.744. The van der Waals surface area contributed by atoms with Crippen LogP contribution in [0.25, 0.3) is 0 Å². The van der Waals surface area contributed by atoms with E-state index in [0.717, 1.165) is 0 Å². The number of carbonyl (C=O) groups excluding carboxylic acids is 1. The van der Waals surface area contributed by atoms with E-state index in [2.05, 4.69) is 10.3 Å². The summed E-state index contributed by atoms with van der Waals surface area (Å²) in [6, 6.07) is 3.77. The zero-order valence-electron chi connectivity index (χ0n) is 9.42. The Morgan fingerprint density at radius 3 is 2.82 bits per heavy atom. The van der Waals surface area contributed by atoms with Crippen LogP contribution in [0.5, 0.6) is 0 Å². The minimum absolute atomic E-state index is 0.0651. The molecule has 1 amide bonds. The Balaban J connectivity index is 2.61. The van der Waals surface area contributed by atoms with E-state index in [-0.39, 0.29) is 12.3 Å². The number of nitrogens with one attached hydrogen (secondary N) is 1. The standard InChI is InChI=1S/C11H14N2O4/c1-2-17-7-9(11(15)16)13-10(14)8-5-3-4-6-12-8/h3-6,9H,2,7H2,1H3,(H,13,14)(H,15,16)/t9-/m0/s1. The minimum Gasteiger partial charge on any atom is -0.480 e. The van der Waals surface area contributed by atoms with Gasteiger partial charge in [-0.05, 0) is 19.1 Å². The summed E-state index contributed by atoms with van der Waals surface area (Å²) < 4.78 is 4.98. The minimum atomic E-state index is -1.14. The summed E-state index contributed by atoms with van der Waals surface area (Å²) >= 11 is 0. The highest BCUT2D eigenvalue weighted by atomic mass is 16.5. The Bertz CT molecular complexity index is 380.